The van der Waals surface area contributed by atoms with Gasteiger partial charge in [0.05, 0.1) is 12.2 Å². The molecule has 0 spiro atoms. The Morgan fingerprint density at radius 3 is 2.91 bits per heavy atom. The van der Waals surface area contributed by atoms with Crippen LogP contribution in [0.25, 0.3) is 0 Å². The molecule has 0 amide bonds. The topological polar surface area (TPSA) is 86.1 Å². The average molecular weight is 323 g/mol. The molecule has 0 fully saturated rings. The lowest BCUT2D eigenvalue weighted by molar-refractivity contribution is -0.137. The van der Waals surface area contributed by atoms with Crippen molar-refractivity contribution in [3.05, 3.63) is 35.4 Å². The second kappa shape index (κ2) is 6.83. The number of aromatic nitrogens is 2. The van der Waals surface area contributed by atoms with Crippen LogP contribution in [-0.2, 0) is 10.9 Å². The molecule has 2 rings (SSSR count). The third-order valence-corrected chi connectivity index (χ3v) is 2.73. The van der Waals surface area contributed by atoms with Crippen molar-refractivity contribution in [2.75, 3.05) is 11.9 Å². The molecule has 23 heavy (non-hydrogen) atoms. The summed E-state index contributed by atoms with van der Waals surface area (Å²) in [7, 11) is 0. The number of rotatable bonds is 5. The number of halogens is 3. The van der Waals surface area contributed by atoms with Gasteiger partial charge >= 0.3 is 6.18 Å². The fourth-order valence-corrected chi connectivity index (χ4v) is 1.70. The van der Waals surface area contributed by atoms with E-state index in [4.69, 9.17) is 10.00 Å². The summed E-state index contributed by atoms with van der Waals surface area (Å²) in [4.78, 5) is 3.85. The van der Waals surface area contributed by atoms with E-state index in [2.05, 4.69) is 20.5 Å². The summed E-state index contributed by atoms with van der Waals surface area (Å²) in [6.07, 6.45) is -3.30. The first-order valence-corrected chi connectivity index (χ1v) is 6.52. The van der Waals surface area contributed by atoms with Crippen LogP contribution in [0.5, 0.6) is 0 Å². The molecule has 6 nitrogen and oxygen atoms in total. The number of benzene rings is 1. The molecule has 0 saturated heterocycles. The normalized spacial score (nSPS) is 11.4. The van der Waals surface area contributed by atoms with Gasteiger partial charge in [0.25, 0.3) is 0 Å². The Labute approximate surface area is 129 Å². The van der Waals surface area contributed by atoms with Gasteiger partial charge in [0.15, 0.2) is 12.2 Å². The Kier molecular flexibility index (Phi) is 4.85. The van der Waals surface area contributed by atoms with Gasteiger partial charge in [0.1, 0.15) is 17.5 Å². The predicted molar refractivity (Wildman–Crippen MR) is 77.8 cm³/mol. The monoisotopic (exact) mass is 323 g/mol. The molecule has 2 N–H and O–H groups in total. The summed E-state index contributed by atoms with van der Waals surface area (Å²) in [5.41, 5.74) is -0.561. The number of H-pyrrole nitrogens is 1. The van der Waals surface area contributed by atoms with Crippen molar-refractivity contribution in [1.29, 1.82) is 5.26 Å². The highest BCUT2D eigenvalue weighted by Crippen LogP contribution is 2.32. The van der Waals surface area contributed by atoms with Crippen LogP contribution >= 0.6 is 0 Å². The number of hydrogen-bond donors (Lipinski definition) is 2. The molecule has 1 aromatic carbocycles. The van der Waals surface area contributed by atoms with Crippen molar-refractivity contribution in [3.8, 4) is 6.07 Å². The predicted octanol–water partition coefficient (Wildman–Crippen LogP) is 3.74. The van der Waals surface area contributed by atoms with Crippen molar-refractivity contribution in [2.45, 2.75) is 13.1 Å². The fourth-order valence-electron chi connectivity index (χ4n) is 1.70. The summed E-state index contributed by atoms with van der Waals surface area (Å²) in [5.74, 6) is 0.228. The first-order valence-electron chi connectivity index (χ1n) is 6.52. The molecular weight excluding hydrogens is 311 g/mol. The largest absolute Gasteiger partial charge is 0.483 e. The quantitative estimate of drug-likeness (QED) is 0.648. The van der Waals surface area contributed by atoms with Crippen molar-refractivity contribution in [1.82, 2.24) is 10.2 Å². The molecule has 0 unspecified atom stereocenters. The van der Waals surface area contributed by atoms with Crippen LogP contribution in [0.1, 0.15) is 18.1 Å². The summed E-state index contributed by atoms with van der Waals surface area (Å²) < 4.78 is 43.0. The second-order valence-corrected chi connectivity index (χ2v) is 4.30. The summed E-state index contributed by atoms with van der Waals surface area (Å²) >= 11 is 0. The number of nitrogens with one attached hydrogen (secondary N) is 2. The Hall–Kier alpha value is -3.02. The molecule has 0 aliphatic heterocycles. The number of ether oxygens (including phenoxy) is 1. The van der Waals surface area contributed by atoms with Crippen LogP contribution in [0.15, 0.2) is 29.3 Å². The van der Waals surface area contributed by atoms with Gasteiger partial charge in [-0.15, -0.1) is 0 Å². The van der Waals surface area contributed by atoms with Crippen molar-refractivity contribution in [3.63, 3.8) is 0 Å². The van der Waals surface area contributed by atoms with E-state index in [-0.39, 0.29) is 22.9 Å². The van der Waals surface area contributed by atoms with Crippen LogP contribution in [-0.4, -0.2) is 23.2 Å². The van der Waals surface area contributed by atoms with Gasteiger partial charge in [-0.25, -0.2) is 0 Å². The summed E-state index contributed by atoms with van der Waals surface area (Å²) in [5, 5.41) is 18.2. The molecular formula is C14H12F3N5O. The molecule has 0 aliphatic rings. The number of hydrogen-bond acceptors (Lipinski definition) is 5. The van der Waals surface area contributed by atoms with E-state index in [1.165, 1.54) is 12.1 Å². The van der Waals surface area contributed by atoms with Gasteiger partial charge < -0.3 is 10.1 Å². The van der Waals surface area contributed by atoms with Gasteiger partial charge in [-0.2, -0.15) is 28.5 Å². The van der Waals surface area contributed by atoms with Crippen LogP contribution in [0.2, 0.25) is 0 Å². The van der Waals surface area contributed by atoms with Crippen molar-refractivity contribution in [2.24, 2.45) is 4.99 Å². The minimum absolute atomic E-state index is 0.0679. The molecule has 2 aromatic rings. The van der Waals surface area contributed by atoms with E-state index in [0.717, 1.165) is 18.5 Å². The maximum Gasteiger partial charge on any atom is 0.416 e. The van der Waals surface area contributed by atoms with Gasteiger partial charge in [0, 0.05) is 5.69 Å². The standard InChI is InChI=1S/C14H12F3N5O/c1-2-23-8-19-12-11(7-18)13(22-21-12)20-10-5-3-4-9(6-10)14(15,16)17/h3-6,8H,2H2,1H3,(H2,20,21,22). The minimum atomic E-state index is -4.45. The van der Waals surface area contributed by atoms with Gasteiger partial charge in [-0.05, 0) is 25.1 Å². The number of nitriles is 1. The summed E-state index contributed by atoms with van der Waals surface area (Å²) in [6.45, 7) is 2.17. The first kappa shape index (κ1) is 16.4. The average Bonchev–Trinajstić information content (AvgIpc) is 2.89. The Morgan fingerprint density at radius 2 is 2.26 bits per heavy atom. The third-order valence-electron chi connectivity index (χ3n) is 2.73. The maximum absolute atomic E-state index is 12.7. The molecule has 0 bridgehead atoms. The second-order valence-electron chi connectivity index (χ2n) is 4.30. The summed E-state index contributed by atoms with van der Waals surface area (Å²) in [6, 6.07) is 6.49. The lowest BCUT2D eigenvalue weighted by Crippen LogP contribution is -2.05. The smallest absolute Gasteiger partial charge is 0.416 e. The van der Waals surface area contributed by atoms with Crippen LogP contribution < -0.4 is 5.32 Å². The maximum atomic E-state index is 12.7. The molecule has 120 valence electrons. The minimum Gasteiger partial charge on any atom is -0.483 e. The lowest BCUT2D eigenvalue weighted by atomic mass is 10.2. The van der Waals surface area contributed by atoms with Gasteiger partial charge in [-0.3, -0.25) is 5.10 Å². The highest BCUT2D eigenvalue weighted by Gasteiger charge is 2.30. The number of alkyl halides is 3. The first-order chi connectivity index (χ1) is 11.0. The van der Waals surface area contributed by atoms with Gasteiger partial charge in [0.2, 0.25) is 0 Å². The zero-order chi connectivity index (χ0) is 16.9. The molecule has 0 radical (unpaired) electrons. The Balaban J connectivity index is 2.26. The Bertz CT molecular complexity index is 746. The van der Waals surface area contributed by atoms with E-state index in [1.54, 1.807) is 6.92 Å². The van der Waals surface area contributed by atoms with Gasteiger partial charge in [-0.1, -0.05) is 6.07 Å². The SMILES string of the molecule is CCOC=Nc1n[nH]c(Nc2cccc(C(F)(F)F)c2)c1C#N. The molecule has 0 atom stereocenters. The third kappa shape index (κ3) is 4.00. The number of aliphatic imine (C=N–C) groups is 1. The Morgan fingerprint density at radius 1 is 1.48 bits per heavy atom. The van der Waals surface area contributed by atoms with Crippen molar-refractivity contribution < 1.29 is 17.9 Å². The molecule has 0 saturated carbocycles. The highest BCUT2D eigenvalue weighted by atomic mass is 19.4. The lowest BCUT2D eigenvalue weighted by Gasteiger charge is -2.09. The van der Waals surface area contributed by atoms with E-state index in [0.29, 0.717) is 6.61 Å². The number of aromatic amines is 1. The highest BCUT2D eigenvalue weighted by molar-refractivity contribution is 5.70. The van der Waals surface area contributed by atoms with Crippen LogP contribution in [0.4, 0.5) is 30.5 Å². The zero-order valence-corrected chi connectivity index (χ0v) is 12.0. The zero-order valence-electron chi connectivity index (χ0n) is 12.0. The number of anilines is 2. The van der Waals surface area contributed by atoms with E-state index < -0.39 is 11.7 Å². The van der Waals surface area contributed by atoms with Crippen LogP contribution in [0, 0.1) is 11.3 Å². The van der Waals surface area contributed by atoms with E-state index in [9.17, 15) is 13.2 Å². The fraction of sp³-hybridized carbons (Fsp3) is 0.214. The molecule has 1 aromatic heterocycles. The van der Waals surface area contributed by atoms with E-state index >= 15 is 0 Å². The van der Waals surface area contributed by atoms with Crippen LogP contribution in [0.3, 0.4) is 0 Å². The molecule has 1 heterocycles. The number of nitrogens with zero attached hydrogens (tertiary/aromatic N) is 3. The van der Waals surface area contributed by atoms with E-state index in [1.807, 2.05) is 6.07 Å². The molecule has 9 heteroatoms. The van der Waals surface area contributed by atoms with Crippen molar-refractivity contribution >= 4 is 23.7 Å². The molecule has 0 aliphatic carbocycles.